The number of nitrogens with zero attached hydrogens (tertiary/aromatic N) is 1. The summed E-state index contributed by atoms with van der Waals surface area (Å²) in [6.45, 7) is 2.02. The normalized spacial score (nSPS) is 18.0. The van der Waals surface area contributed by atoms with Gasteiger partial charge in [-0.25, -0.2) is 0 Å². The predicted octanol–water partition coefficient (Wildman–Crippen LogP) is 2.08. The first-order valence-corrected chi connectivity index (χ1v) is 6.85. The summed E-state index contributed by atoms with van der Waals surface area (Å²) < 4.78 is 11.2. The highest BCUT2D eigenvalue weighted by Gasteiger charge is 2.25. The molecule has 2 atom stereocenters. The predicted molar refractivity (Wildman–Crippen MR) is 79.5 cm³/mol. The van der Waals surface area contributed by atoms with E-state index in [1.54, 1.807) is 25.6 Å². The number of rotatable bonds is 3. The van der Waals surface area contributed by atoms with E-state index in [2.05, 4.69) is 4.98 Å². The van der Waals surface area contributed by atoms with Gasteiger partial charge in [-0.3, -0.25) is 4.98 Å². The summed E-state index contributed by atoms with van der Waals surface area (Å²) in [5.74, 6) is 1.42. The second-order valence-corrected chi connectivity index (χ2v) is 5.24. The number of fused-ring (bicyclic) bond motifs is 1. The molecule has 2 unspecified atom stereocenters. The zero-order chi connectivity index (χ0) is 15.0. The Balaban J connectivity index is 2.06. The standard InChI is InChI=1S/C16H18N2O3/c1-9-5-10-6-15(20-2)11(7-14(10)21-9)16(19)12-8-18-4-3-13(12)17/h3-4,6-9,16,19H,5H2,1-2H3,(H2,17,18). The summed E-state index contributed by atoms with van der Waals surface area (Å²) in [6, 6.07) is 5.41. The average molecular weight is 286 g/mol. The molecule has 1 aromatic carbocycles. The Morgan fingerprint density at radius 1 is 1.43 bits per heavy atom. The van der Waals surface area contributed by atoms with Crippen molar-refractivity contribution in [3.8, 4) is 11.5 Å². The van der Waals surface area contributed by atoms with Crippen molar-refractivity contribution in [1.82, 2.24) is 4.98 Å². The van der Waals surface area contributed by atoms with Crippen LogP contribution in [0.15, 0.2) is 30.6 Å². The molecule has 0 radical (unpaired) electrons. The number of nitrogens with two attached hydrogens (primary N) is 1. The molecule has 2 heterocycles. The van der Waals surface area contributed by atoms with Crippen molar-refractivity contribution < 1.29 is 14.6 Å². The molecule has 3 rings (SSSR count). The van der Waals surface area contributed by atoms with Gasteiger partial charge in [0, 0.05) is 41.2 Å². The van der Waals surface area contributed by atoms with Crippen LogP contribution in [0.3, 0.4) is 0 Å². The molecule has 5 nitrogen and oxygen atoms in total. The minimum absolute atomic E-state index is 0.139. The first kappa shape index (κ1) is 13.7. The molecule has 0 amide bonds. The van der Waals surface area contributed by atoms with Crippen LogP contribution >= 0.6 is 0 Å². The van der Waals surface area contributed by atoms with E-state index in [-0.39, 0.29) is 6.10 Å². The molecule has 3 N–H and O–H groups in total. The fourth-order valence-corrected chi connectivity index (χ4v) is 2.66. The molecule has 21 heavy (non-hydrogen) atoms. The van der Waals surface area contributed by atoms with Crippen molar-refractivity contribution in [2.24, 2.45) is 0 Å². The Bertz CT molecular complexity index is 673. The van der Waals surface area contributed by atoms with E-state index >= 15 is 0 Å². The van der Waals surface area contributed by atoms with Crippen molar-refractivity contribution >= 4 is 5.69 Å². The number of methoxy groups -OCH3 is 1. The third-order valence-electron chi connectivity index (χ3n) is 3.72. The van der Waals surface area contributed by atoms with E-state index < -0.39 is 6.10 Å². The Morgan fingerprint density at radius 2 is 2.24 bits per heavy atom. The van der Waals surface area contributed by atoms with Gasteiger partial charge in [-0.15, -0.1) is 0 Å². The number of hydrogen-bond acceptors (Lipinski definition) is 5. The summed E-state index contributed by atoms with van der Waals surface area (Å²) in [5, 5.41) is 10.6. The number of anilines is 1. The smallest absolute Gasteiger partial charge is 0.125 e. The van der Waals surface area contributed by atoms with Crippen LogP contribution in [0.2, 0.25) is 0 Å². The van der Waals surface area contributed by atoms with Gasteiger partial charge in [-0.05, 0) is 25.1 Å². The van der Waals surface area contributed by atoms with Gasteiger partial charge in [0.05, 0.1) is 7.11 Å². The van der Waals surface area contributed by atoms with Crippen molar-refractivity contribution in [3.63, 3.8) is 0 Å². The number of benzene rings is 1. The molecule has 1 aromatic heterocycles. The molecule has 0 fully saturated rings. The summed E-state index contributed by atoms with van der Waals surface area (Å²) >= 11 is 0. The fourth-order valence-electron chi connectivity index (χ4n) is 2.66. The van der Waals surface area contributed by atoms with Crippen LogP contribution in [-0.2, 0) is 6.42 Å². The first-order chi connectivity index (χ1) is 10.1. The lowest BCUT2D eigenvalue weighted by Gasteiger charge is -2.17. The maximum absolute atomic E-state index is 10.6. The van der Waals surface area contributed by atoms with Crippen LogP contribution in [0.5, 0.6) is 11.5 Å². The molecule has 110 valence electrons. The van der Waals surface area contributed by atoms with Gasteiger partial charge in [0.15, 0.2) is 0 Å². The number of aromatic nitrogens is 1. The largest absolute Gasteiger partial charge is 0.496 e. The second-order valence-electron chi connectivity index (χ2n) is 5.24. The topological polar surface area (TPSA) is 77.6 Å². The van der Waals surface area contributed by atoms with Gasteiger partial charge in [-0.1, -0.05) is 0 Å². The van der Waals surface area contributed by atoms with Crippen LogP contribution < -0.4 is 15.2 Å². The molecule has 0 bridgehead atoms. The number of ether oxygens (including phenoxy) is 2. The highest BCUT2D eigenvalue weighted by Crippen LogP contribution is 2.39. The van der Waals surface area contributed by atoms with Crippen LogP contribution in [0.1, 0.15) is 29.7 Å². The molecular weight excluding hydrogens is 268 g/mol. The molecule has 0 aliphatic carbocycles. The van der Waals surface area contributed by atoms with E-state index in [1.165, 1.54) is 0 Å². The van der Waals surface area contributed by atoms with E-state index in [9.17, 15) is 5.11 Å². The Hall–Kier alpha value is -2.27. The van der Waals surface area contributed by atoms with Crippen molar-refractivity contribution in [1.29, 1.82) is 0 Å². The summed E-state index contributed by atoms with van der Waals surface area (Å²) in [6.07, 6.45) is 3.24. The van der Waals surface area contributed by atoms with Gasteiger partial charge >= 0.3 is 0 Å². The molecule has 1 aliphatic rings. The average Bonchev–Trinajstić information content (AvgIpc) is 2.84. The molecule has 0 saturated heterocycles. The molecule has 0 spiro atoms. The van der Waals surface area contributed by atoms with Gasteiger partial charge in [0.1, 0.15) is 23.7 Å². The minimum atomic E-state index is -0.904. The molecule has 1 aliphatic heterocycles. The maximum Gasteiger partial charge on any atom is 0.125 e. The van der Waals surface area contributed by atoms with Gasteiger partial charge in [0.2, 0.25) is 0 Å². The number of aliphatic hydroxyl groups is 1. The first-order valence-electron chi connectivity index (χ1n) is 6.85. The number of nitrogen functional groups attached to an aromatic ring is 1. The molecule has 0 saturated carbocycles. The van der Waals surface area contributed by atoms with Gasteiger partial charge < -0.3 is 20.3 Å². The SMILES string of the molecule is COc1cc2c(cc1C(O)c1cnccc1N)OC(C)C2. The second kappa shape index (κ2) is 5.26. The summed E-state index contributed by atoms with van der Waals surface area (Å²) in [7, 11) is 1.59. The Morgan fingerprint density at radius 3 is 2.95 bits per heavy atom. The lowest BCUT2D eigenvalue weighted by atomic mass is 9.98. The van der Waals surface area contributed by atoms with Gasteiger partial charge in [-0.2, -0.15) is 0 Å². The minimum Gasteiger partial charge on any atom is -0.496 e. The Labute approximate surface area is 123 Å². The van der Waals surface area contributed by atoms with Crippen molar-refractivity contribution in [3.05, 3.63) is 47.3 Å². The van der Waals surface area contributed by atoms with Crippen LogP contribution in [0.4, 0.5) is 5.69 Å². The molecular formula is C16H18N2O3. The third kappa shape index (κ3) is 2.40. The van der Waals surface area contributed by atoms with E-state index in [4.69, 9.17) is 15.2 Å². The highest BCUT2D eigenvalue weighted by atomic mass is 16.5. The van der Waals surface area contributed by atoms with Crippen LogP contribution in [-0.4, -0.2) is 23.3 Å². The molecule has 2 aromatic rings. The summed E-state index contributed by atoms with van der Waals surface area (Å²) in [4.78, 5) is 4.02. The Kier molecular flexibility index (Phi) is 3.43. The van der Waals surface area contributed by atoms with Crippen molar-refractivity contribution in [2.45, 2.75) is 25.6 Å². The summed E-state index contributed by atoms with van der Waals surface area (Å²) in [5.41, 5.74) is 8.69. The third-order valence-corrected chi connectivity index (χ3v) is 3.72. The lowest BCUT2D eigenvalue weighted by Crippen LogP contribution is -2.07. The van der Waals surface area contributed by atoms with Crippen LogP contribution in [0, 0.1) is 0 Å². The zero-order valence-electron chi connectivity index (χ0n) is 12.0. The van der Waals surface area contributed by atoms with E-state index in [0.717, 1.165) is 17.7 Å². The number of hydrogen-bond donors (Lipinski definition) is 2. The van der Waals surface area contributed by atoms with E-state index in [0.29, 0.717) is 22.6 Å². The van der Waals surface area contributed by atoms with Gasteiger partial charge in [0.25, 0.3) is 0 Å². The number of pyridine rings is 1. The lowest BCUT2D eigenvalue weighted by molar-refractivity contribution is 0.213. The molecule has 5 heteroatoms. The monoisotopic (exact) mass is 286 g/mol. The quantitative estimate of drug-likeness (QED) is 0.903. The maximum atomic E-state index is 10.6. The van der Waals surface area contributed by atoms with E-state index in [1.807, 2.05) is 19.1 Å². The van der Waals surface area contributed by atoms with Crippen molar-refractivity contribution in [2.75, 3.05) is 12.8 Å². The zero-order valence-corrected chi connectivity index (χ0v) is 12.0. The fraction of sp³-hybridized carbons (Fsp3) is 0.312. The highest BCUT2D eigenvalue weighted by molar-refractivity contribution is 5.55. The van der Waals surface area contributed by atoms with Crippen LogP contribution in [0.25, 0.3) is 0 Å². The number of aliphatic hydroxyl groups excluding tert-OH is 1.